The molecule has 1 aliphatic rings. The van der Waals surface area contributed by atoms with Gasteiger partial charge in [-0.2, -0.15) is 0 Å². The molecule has 1 aliphatic heterocycles. The van der Waals surface area contributed by atoms with Gasteiger partial charge in [0, 0.05) is 11.1 Å². The summed E-state index contributed by atoms with van der Waals surface area (Å²) in [5.74, 6) is 0.564. The monoisotopic (exact) mass is 326 g/mol. The summed E-state index contributed by atoms with van der Waals surface area (Å²) in [5, 5.41) is 0. The van der Waals surface area contributed by atoms with E-state index in [1.165, 1.54) is 0 Å². The summed E-state index contributed by atoms with van der Waals surface area (Å²) in [6.45, 7) is 0. The number of aldehydes is 1. The van der Waals surface area contributed by atoms with Crippen LogP contribution in [0.2, 0.25) is 0 Å². The van der Waals surface area contributed by atoms with Gasteiger partial charge in [0.25, 0.3) is 0 Å². The van der Waals surface area contributed by atoms with Crippen LogP contribution in [0.5, 0.6) is 0 Å². The minimum atomic E-state index is -1.05. The lowest BCUT2D eigenvalue weighted by Crippen LogP contribution is -2.33. The van der Waals surface area contributed by atoms with Gasteiger partial charge in [-0.25, -0.2) is 0 Å². The van der Waals surface area contributed by atoms with Crippen LogP contribution >= 0.6 is 0 Å². The number of carbonyl (C=O) groups excluding carboxylic acids is 1. The van der Waals surface area contributed by atoms with E-state index in [1.54, 1.807) is 0 Å². The van der Waals surface area contributed by atoms with Gasteiger partial charge in [0.2, 0.25) is 0 Å². The van der Waals surface area contributed by atoms with E-state index in [-0.39, 0.29) is 5.92 Å². The molecule has 2 atom stereocenters. The third-order valence-electron chi connectivity index (χ3n) is 4.68. The predicted molar refractivity (Wildman–Crippen MR) is 98.9 cm³/mol. The first-order chi connectivity index (χ1) is 12.3. The number of carbonyl (C=O) groups is 1. The smallest absolute Gasteiger partial charge is 0.199 e. The average molecular weight is 326 g/mol. The molecule has 0 aromatic heterocycles. The summed E-state index contributed by atoms with van der Waals surface area (Å²) < 4.78 is 6.33. The number of hydrogen-bond donors (Lipinski definition) is 0. The van der Waals surface area contributed by atoms with Crippen molar-refractivity contribution in [1.29, 1.82) is 0 Å². The van der Waals surface area contributed by atoms with E-state index in [9.17, 15) is 4.79 Å². The highest BCUT2D eigenvalue weighted by Crippen LogP contribution is 2.49. The topological polar surface area (TPSA) is 26.3 Å². The van der Waals surface area contributed by atoms with Crippen LogP contribution in [-0.2, 0) is 15.1 Å². The Morgan fingerprint density at radius 1 is 0.760 bits per heavy atom. The molecule has 0 saturated carbocycles. The first-order valence-corrected chi connectivity index (χ1v) is 8.36. The zero-order chi connectivity index (χ0) is 17.1. The van der Waals surface area contributed by atoms with Crippen LogP contribution in [0.25, 0.3) is 5.76 Å². The summed E-state index contributed by atoms with van der Waals surface area (Å²) in [5.41, 5.74) is 1.85. The minimum Gasteiger partial charge on any atom is -0.474 e. The number of rotatable bonds is 4. The fourth-order valence-electron chi connectivity index (χ4n) is 3.42. The molecule has 25 heavy (non-hydrogen) atoms. The van der Waals surface area contributed by atoms with Crippen molar-refractivity contribution < 1.29 is 9.53 Å². The second kappa shape index (κ2) is 6.40. The zero-order valence-electron chi connectivity index (χ0n) is 13.7. The molecule has 2 heteroatoms. The lowest BCUT2D eigenvalue weighted by molar-refractivity contribution is -0.124. The molecule has 0 N–H and O–H groups in total. The van der Waals surface area contributed by atoms with E-state index >= 15 is 0 Å². The van der Waals surface area contributed by atoms with Crippen LogP contribution in [0, 0.1) is 0 Å². The van der Waals surface area contributed by atoms with Gasteiger partial charge in [0.05, 0.1) is 5.92 Å². The molecular weight excluding hydrogens is 308 g/mol. The highest BCUT2D eigenvalue weighted by atomic mass is 16.5. The maximum absolute atomic E-state index is 12.3. The van der Waals surface area contributed by atoms with E-state index in [1.807, 2.05) is 91.0 Å². The van der Waals surface area contributed by atoms with Gasteiger partial charge in [-0.15, -0.1) is 0 Å². The number of benzene rings is 3. The summed E-state index contributed by atoms with van der Waals surface area (Å²) in [6.07, 6.45) is 3.00. The van der Waals surface area contributed by atoms with Crippen LogP contribution in [0.15, 0.2) is 97.1 Å². The molecule has 122 valence electrons. The van der Waals surface area contributed by atoms with Crippen LogP contribution in [0.1, 0.15) is 22.6 Å². The van der Waals surface area contributed by atoms with Crippen molar-refractivity contribution in [2.24, 2.45) is 0 Å². The quantitative estimate of drug-likeness (QED) is 0.635. The van der Waals surface area contributed by atoms with Crippen molar-refractivity contribution in [3.8, 4) is 0 Å². The normalized spacial score (nSPS) is 22.1. The molecular formula is C23H18O2. The Morgan fingerprint density at radius 3 is 1.92 bits per heavy atom. The summed E-state index contributed by atoms with van der Waals surface area (Å²) >= 11 is 0. The molecule has 3 aromatic rings. The summed E-state index contributed by atoms with van der Waals surface area (Å²) in [4.78, 5) is 12.3. The first kappa shape index (κ1) is 15.4. The van der Waals surface area contributed by atoms with Gasteiger partial charge in [0.15, 0.2) is 11.9 Å². The maximum Gasteiger partial charge on any atom is 0.199 e. The Kier molecular flexibility index (Phi) is 3.95. The van der Waals surface area contributed by atoms with Crippen molar-refractivity contribution >= 4 is 12.0 Å². The fourth-order valence-corrected chi connectivity index (χ4v) is 3.42. The van der Waals surface area contributed by atoms with E-state index in [4.69, 9.17) is 4.74 Å². The van der Waals surface area contributed by atoms with Crippen molar-refractivity contribution in [3.05, 3.63) is 114 Å². The van der Waals surface area contributed by atoms with E-state index in [0.29, 0.717) is 0 Å². The van der Waals surface area contributed by atoms with Gasteiger partial charge in [-0.05, 0) is 11.6 Å². The van der Waals surface area contributed by atoms with Crippen LogP contribution in [-0.4, -0.2) is 6.29 Å². The van der Waals surface area contributed by atoms with Crippen molar-refractivity contribution in [1.82, 2.24) is 0 Å². The zero-order valence-corrected chi connectivity index (χ0v) is 13.7. The van der Waals surface area contributed by atoms with E-state index < -0.39 is 5.60 Å². The molecule has 2 nitrogen and oxygen atoms in total. The molecule has 0 radical (unpaired) electrons. The van der Waals surface area contributed by atoms with Crippen LogP contribution < -0.4 is 0 Å². The molecule has 4 rings (SSSR count). The Morgan fingerprint density at radius 2 is 1.32 bits per heavy atom. The Bertz CT molecular complexity index is 885. The Hall–Kier alpha value is -3.13. The molecule has 0 spiro atoms. The van der Waals surface area contributed by atoms with Gasteiger partial charge in [-0.1, -0.05) is 91.0 Å². The largest absolute Gasteiger partial charge is 0.474 e. The van der Waals surface area contributed by atoms with Crippen molar-refractivity contribution in [2.45, 2.75) is 11.5 Å². The van der Waals surface area contributed by atoms with Gasteiger partial charge >= 0.3 is 0 Å². The molecule has 0 amide bonds. The highest BCUT2D eigenvalue weighted by Gasteiger charge is 2.47. The number of ether oxygens (including phenoxy) is 1. The van der Waals surface area contributed by atoms with Crippen molar-refractivity contribution in [3.63, 3.8) is 0 Å². The third-order valence-corrected chi connectivity index (χ3v) is 4.68. The second-order valence-electron chi connectivity index (χ2n) is 6.16. The SMILES string of the molecule is O=CC1(c2ccccc2)OC(c2ccccc2)=CC1c1ccccc1. The van der Waals surface area contributed by atoms with Gasteiger partial charge < -0.3 is 4.74 Å². The molecule has 1 heterocycles. The van der Waals surface area contributed by atoms with Gasteiger partial charge in [0.1, 0.15) is 5.76 Å². The molecule has 0 bridgehead atoms. The molecule has 0 saturated heterocycles. The predicted octanol–water partition coefficient (Wildman–Crippen LogP) is 4.94. The second-order valence-corrected chi connectivity index (χ2v) is 6.16. The fraction of sp³-hybridized carbons (Fsp3) is 0.0870. The molecule has 0 fully saturated rings. The maximum atomic E-state index is 12.3. The number of hydrogen-bond acceptors (Lipinski definition) is 2. The molecule has 3 aromatic carbocycles. The average Bonchev–Trinajstić information content (AvgIpc) is 3.11. The summed E-state index contributed by atoms with van der Waals surface area (Å²) in [7, 11) is 0. The Balaban J connectivity index is 1.87. The third kappa shape index (κ3) is 2.66. The lowest BCUT2D eigenvalue weighted by Gasteiger charge is -2.30. The highest BCUT2D eigenvalue weighted by molar-refractivity contribution is 5.77. The summed E-state index contributed by atoms with van der Waals surface area (Å²) in [6, 6.07) is 29.7. The molecule has 2 unspecified atom stereocenters. The standard InChI is InChI=1S/C23H18O2/c24-17-23(20-14-8-3-9-15-20)21(18-10-4-1-5-11-18)16-22(25-23)19-12-6-2-7-13-19/h1-17,21H. The minimum absolute atomic E-state index is 0.177. The van der Waals surface area contributed by atoms with Crippen LogP contribution in [0.3, 0.4) is 0 Å². The van der Waals surface area contributed by atoms with Gasteiger partial charge in [-0.3, -0.25) is 4.79 Å². The van der Waals surface area contributed by atoms with Crippen LogP contribution in [0.4, 0.5) is 0 Å². The molecule has 0 aliphatic carbocycles. The Labute approximate surface area is 147 Å². The van der Waals surface area contributed by atoms with E-state index in [0.717, 1.165) is 28.7 Å². The lowest BCUT2D eigenvalue weighted by atomic mass is 9.79. The van der Waals surface area contributed by atoms with E-state index in [2.05, 4.69) is 6.08 Å². The first-order valence-electron chi connectivity index (χ1n) is 8.36. The van der Waals surface area contributed by atoms with Crippen molar-refractivity contribution in [2.75, 3.05) is 0 Å².